The number of rotatable bonds is 4. The molecule has 1 saturated heterocycles. The summed E-state index contributed by atoms with van der Waals surface area (Å²) in [6.45, 7) is 0.564. The fourth-order valence-corrected chi connectivity index (χ4v) is 1.34. The van der Waals surface area contributed by atoms with E-state index in [1.807, 2.05) is 0 Å². The number of piperidine rings is 1. The molecule has 0 spiro atoms. The molecule has 0 aliphatic carbocycles. The summed E-state index contributed by atoms with van der Waals surface area (Å²) in [5.74, 6) is -0.416. The van der Waals surface area contributed by atoms with Crippen LogP contribution in [-0.4, -0.2) is 38.3 Å². The maximum absolute atomic E-state index is 10.7. The quantitative estimate of drug-likeness (QED) is 0.476. The molecule has 2 atom stereocenters. The molecule has 0 saturated carbocycles. The lowest BCUT2D eigenvalue weighted by Gasteiger charge is -2.26. The molecule has 1 heterocycles. The first-order valence-corrected chi connectivity index (χ1v) is 4.83. The van der Waals surface area contributed by atoms with Crippen molar-refractivity contribution in [2.75, 3.05) is 20.3 Å². The van der Waals surface area contributed by atoms with Crippen LogP contribution in [0.25, 0.3) is 0 Å². The highest BCUT2D eigenvalue weighted by Crippen LogP contribution is 2.06. The predicted octanol–water partition coefficient (Wildman–Crippen LogP) is -0.675. The van der Waals surface area contributed by atoms with Gasteiger partial charge in [-0.25, -0.2) is 4.79 Å². The monoisotopic (exact) mass is 213 g/mol. The number of carbonyl (C=O) groups is 1. The molecule has 1 aliphatic rings. The Hall–Kier alpha value is -1.16. The van der Waals surface area contributed by atoms with Gasteiger partial charge in [0.05, 0.1) is 19.2 Å². The zero-order valence-corrected chi connectivity index (χ0v) is 8.66. The van der Waals surface area contributed by atoms with Crippen LogP contribution in [0.1, 0.15) is 12.8 Å². The maximum Gasteiger partial charge on any atom is 0.333 e. The average Bonchev–Trinajstić information content (AvgIpc) is 2.29. The van der Waals surface area contributed by atoms with Crippen molar-refractivity contribution >= 4 is 5.97 Å². The SMILES string of the molecule is COC(=O)CONC1CC[C@@H](C#N)NC1. The molecule has 2 N–H and O–H groups in total. The fourth-order valence-electron chi connectivity index (χ4n) is 1.34. The minimum absolute atomic E-state index is 0.0661. The van der Waals surface area contributed by atoms with Gasteiger partial charge in [-0.05, 0) is 12.8 Å². The topological polar surface area (TPSA) is 83.4 Å². The van der Waals surface area contributed by atoms with Gasteiger partial charge in [0.15, 0.2) is 6.61 Å². The molecule has 6 nitrogen and oxygen atoms in total. The Bertz CT molecular complexity index is 243. The Morgan fingerprint density at radius 2 is 2.47 bits per heavy atom. The van der Waals surface area contributed by atoms with Gasteiger partial charge >= 0.3 is 5.97 Å². The van der Waals surface area contributed by atoms with Crippen molar-refractivity contribution in [1.29, 1.82) is 5.26 Å². The van der Waals surface area contributed by atoms with Crippen LogP contribution in [0.3, 0.4) is 0 Å². The number of esters is 1. The van der Waals surface area contributed by atoms with Gasteiger partial charge < -0.3 is 10.1 Å². The number of hydrogen-bond acceptors (Lipinski definition) is 6. The normalized spacial score (nSPS) is 25.6. The molecule has 0 bridgehead atoms. The van der Waals surface area contributed by atoms with E-state index in [4.69, 9.17) is 10.1 Å². The molecule has 6 heteroatoms. The van der Waals surface area contributed by atoms with Crippen LogP contribution in [-0.2, 0) is 14.4 Å². The zero-order chi connectivity index (χ0) is 11.1. The van der Waals surface area contributed by atoms with Crippen LogP contribution < -0.4 is 10.8 Å². The first-order valence-electron chi connectivity index (χ1n) is 4.83. The Morgan fingerprint density at radius 3 is 3.00 bits per heavy atom. The minimum Gasteiger partial charge on any atom is -0.467 e. The zero-order valence-electron chi connectivity index (χ0n) is 8.66. The van der Waals surface area contributed by atoms with Gasteiger partial charge in [0.1, 0.15) is 0 Å². The Labute approximate surface area is 88.5 Å². The van der Waals surface area contributed by atoms with Gasteiger partial charge in [-0.1, -0.05) is 0 Å². The van der Waals surface area contributed by atoms with Crippen molar-refractivity contribution < 1.29 is 14.4 Å². The van der Waals surface area contributed by atoms with E-state index in [2.05, 4.69) is 21.6 Å². The van der Waals surface area contributed by atoms with Crippen LogP contribution in [0.4, 0.5) is 0 Å². The van der Waals surface area contributed by atoms with Crippen molar-refractivity contribution in [3.8, 4) is 6.07 Å². The van der Waals surface area contributed by atoms with Gasteiger partial charge in [0, 0.05) is 12.6 Å². The van der Waals surface area contributed by atoms with E-state index in [9.17, 15) is 4.79 Å². The van der Waals surface area contributed by atoms with Crippen LogP contribution in [0.2, 0.25) is 0 Å². The third-order valence-corrected chi connectivity index (χ3v) is 2.24. The van der Waals surface area contributed by atoms with Gasteiger partial charge in [0.25, 0.3) is 0 Å². The van der Waals surface area contributed by atoms with E-state index in [-0.39, 0.29) is 18.7 Å². The number of methoxy groups -OCH3 is 1. The van der Waals surface area contributed by atoms with Gasteiger partial charge in [-0.15, -0.1) is 0 Å². The summed E-state index contributed by atoms with van der Waals surface area (Å²) in [6.07, 6.45) is 1.64. The Morgan fingerprint density at radius 1 is 1.67 bits per heavy atom. The maximum atomic E-state index is 10.7. The van der Waals surface area contributed by atoms with Gasteiger partial charge in [0.2, 0.25) is 0 Å². The van der Waals surface area contributed by atoms with E-state index in [0.717, 1.165) is 12.8 Å². The van der Waals surface area contributed by atoms with E-state index >= 15 is 0 Å². The summed E-state index contributed by atoms with van der Waals surface area (Å²) in [7, 11) is 1.31. The highest BCUT2D eigenvalue weighted by atomic mass is 16.7. The third kappa shape index (κ3) is 4.25. The molecule has 1 unspecified atom stereocenters. The molecule has 0 aromatic carbocycles. The summed E-state index contributed by atoms with van der Waals surface area (Å²) < 4.78 is 4.41. The molecule has 0 amide bonds. The molecule has 1 rings (SSSR count). The minimum atomic E-state index is -0.416. The van der Waals surface area contributed by atoms with Crippen molar-refractivity contribution in [2.24, 2.45) is 0 Å². The van der Waals surface area contributed by atoms with E-state index in [0.29, 0.717) is 6.54 Å². The molecule has 0 aromatic heterocycles. The van der Waals surface area contributed by atoms with Crippen LogP contribution in [0.5, 0.6) is 0 Å². The second kappa shape index (κ2) is 6.35. The van der Waals surface area contributed by atoms with Crippen molar-refractivity contribution in [3.63, 3.8) is 0 Å². The lowest BCUT2D eigenvalue weighted by Crippen LogP contribution is -2.47. The lowest BCUT2D eigenvalue weighted by molar-refractivity contribution is -0.149. The van der Waals surface area contributed by atoms with Crippen LogP contribution in [0, 0.1) is 11.3 Å². The standard InChI is InChI=1S/C9H15N3O3/c1-14-9(13)6-15-12-8-3-2-7(4-10)11-5-8/h7-8,11-12H,2-3,5-6H2,1H3/t7-,8?/m0/s1. The predicted molar refractivity (Wildman–Crippen MR) is 51.5 cm³/mol. The third-order valence-electron chi connectivity index (χ3n) is 2.24. The number of hydrogen-bond donors (Lipinski definition) is 2. The first kappa shape index (κ1) is 11.9. The average molecular weight is 213 g/mol. The first-order chi connectivity index (χ1) is 7.26. The molecule has 0 radical (unpaired) electrons. The molecule has 15 heavy (non-hydrogen) atoms. The molecule has 1 fully saturated rings. The molecular weight excluding hydrogens is 198 g/mol. The second-order valence-electron chi connectivity index (χ2n) is 3.35. The van der Waals surface area contributed by atoms with Crippen LogP contribution in [0.15, 0.2) is 0 Å². The fraction of sp³-hybridized carbons (Fsp3) is 0.778. The number of nitriles is 1. The van der Waals surface area contributed by atoms with Crippen molar-refractivity contribution in [1.82, 2.24) is 10.8 Å². The highest BCUT2D eigenvalue weighted by Gasteiger charge is 2.19. The lowest BCUT2D eigenvalue weighted by atomic mass is 10.0. The van der Waals surface area contributed by atoms with Gasteiger partial charge in [-0.2, -0.15) is 10.7 Å². The second-order valence-corrected chi connectivity index (χ2v) is 3.35. The van der Waals surface area contributed by atoms with Crippen LogP contribution >= 0.6 is 0 Å². The summed E-state index contributed by atoms with van der Waals surface area (Å²) in [5, 5.41) is 11.7. The van der Waals surface area contributed by atoms with E-state index in [1.54, 1.807) is 0 Å². The van der Waals surface area contributed by atoms with E-state index < -0.39 is 5.97 Å². The Balaban J connectivity index is 2.09. The summed E-state index contributed by atoms with van der Waals surface area (Å²) in [6, 6.07) is 2.23. The molecule has 0 aromatic rings. The molecular formula is C9H15N3O3. The highest BCUT2D eigenvalue weighted by molar-refractivity contribution is 5.70. The van der Waals surface area contributed by atoms with Gasteiger partial charge in [-0.3, -0.25) is 4.84 Å². The molecule has 1 aliphatic heterocycles. The number of nitrogens with zero attached hydrogens (tertiary/aromatic N) is 1. The van der Waals surface area contributed by atoms with Crippen molar-refractivity contribution in [2.45, 2.75) is 24.9 Å². The number of carbonyl (C=O) groups excluding carboxylic acids is 1. The number of ether oxygens (including phenoxy) is 1. The number of hydroxylamine groups is 1. The number of nitrogens with one attached hydrogen (secondary N) is 2. The Kier molecular flexibility index (Phi) is 5.04. The largest absolute Gasteiger partial charge is 0.467 e. The molecule has 84 valence electrons. The smallest absolute Gasteiger partial charge is 0.333 e. The summed E-state index contributed by atoms with van der Waals surface area (Å²) in [5.41, 5.74) is 2.76. The summed E-state index contributed by atoms with van der Waals surface area (Å²) >= 11 is 0. The van der Waals surface area contributed by atoms with Crippen molar-refractivity contribution in [3.05, 3.63) is 0 Å². The summed E-state index contributed by atoms with van der Waals surface area (Å²) in [4.78, 5) is 15.7. The van der Waals surface area contributed by atoms with E-state index in [1.165, 1.54) is 7.11 Å².